The standard InChI is InChI=1S/C11H18N6O2S/c1-11(2,20(4,18)19)5-13-8-7-9(15-6-14-7)17-10(12-3)16-8/h6H,5H2,1-4H3,(H3,12,13,14,15,16,17). The molecule has 2 aromatic rings. The highest BCUT2D eigenvalue weighted by Crippen LogP contribution is 2.21. The number of fused-ring (bicyclic) bond motifs is 1. The predicted octanol–water partition coefficient (Wildman–Crippen LogP) is 0.630. The predicted molar refractivity (Wildman–Crippen MR) is 78.6 cm³/mol. The fourth-order valence-electron chi connectivity index (χ4n) is 1.50. The van der Waals surface area contributed by atoms with Gasteiger partial charge in [0.2, 0.25) is 5.95 Å². The molecule has 0 saturated carbocycles. The average Bonchev–Trinajstić information content (AvgIpc) is 2.82. The normalized spacial score (nSPS) is 12.6. The number of anilines is 2. The third-order valence-corrected chi connectivity index (χ3v) is 5.35. The Bertz CT molecular complexity index is 722. The summed E-state index contributed by atoms with van der Waals surface area (Å²) in [5.74, 6) is 0.942. The molecule has 0 bridgehead atoms. The van der Waals surface area contributed by atoms with Gasteiger partial charge < -0.3 is 15.6 Å². The van der Waals surface area contributed by atoms with Crippen molar-refractivity contribution in [2.24, 2.45) is 0 Å². The second kappa shape index (κ2) is 4.89. The molecule has 0 aromatic carbocycles. The Labute approximate surface area is 117 Å². The van der Waals surface area contributed by atoms with Crippen molar-refractivity contribution in [1.82, 2.24) is 19.9 Å². The molecule has 2 rings (SSSR count). The topological polar surface area (TPSA) is 113 Å². The Kier molecular flexibility index (Phi) is 3.55. The van der Waals surface area contributed by atoms with Crippen LogP contribution in [0.2, 0.25) is 0 Å². The Balaban J connectivity index is 2.32. The summed E-state index contributed by atoms with van der Waals surface area (Å²) in [6.07, 6.45) is 2.74. The van der Waals surface area contributed by atoms with E-state index in [0.29, 0.717) is 22.9 Å². The molecule has 9 heteroatoms. The summed E-state index contributed by atoms with van der Waals surface area (Å²) in [5, 5.41) is 5.90. The Hall–Kier alpha value is -1.90. The number of sulfone groups is 1. The molecule has 2 heterocycles. The van der Waals surface area contributed by atoms with Crippen molar-refractivity contribution in [1.29, 1.82) is 0 Å². The Morgan fingerprint density at radius 1 is 1.35 bits per heavy atom. The maximum absolute atomic E-state index is 11.7. The molecule has 0 atom stereocenters. The molecule has 0 spiro atoms. The molecule has 110 valence electrons. The van der Waals surface area contributed by atoms with Gasteiger partial charge in [0.05, 0.1) is 11.1 Å². The van der Waals surface area contributed by atoms with Crippen LogP contribution in [0.25, 0.3) is 11.2 Å². The number of hydrogen-bond donors (Lipinski definition) is 3. The molecular weight excluding hydrogens is 280 g/mol. The molecule has 0 aliphatic carbocycles. The van der Waals surface area contributed by atoms with Crippen LogP contribution in [0, 0.1) is 0 Å². The van der Waals surface area contributed by atoms with Gasteiger partial charge in [0.25, 0.3) is 0 Å². The second-order valence-electron chi connectivity index (χ2n) is 5.13. The van der Waals surface area contributed by atoms with Gasteiger partial charge in [-0.2, -0.15) is 9.97 Å². The van der Waals surface area contributed by atoms with E-state index in [4.69, 9.17) is 0 Å². The molecular formula is C11H18N6O2S. The fraction of sp³-hybridized carbons (Fsp3) is 0.545. The van der Waals surface area contributed by atoms with E-state index in [2.05, 4.69) is 30.6 Å². The highest BCUT2D eigenvalue weighted by atomic mass is 32.2. The van der Waals surface area contributed by atoms with Gasteiger partial charge in [0, 0.05) is 19.8 Å². The molecule has 8 nitrogen and oxygen atoms in total. The van der Waals surface area contributed by atoms with Gasteiger partial charge in [-0.25, -0.2) is 13.4 Å². The first-order chi connectivity index (χ1) is 9.24. The highest BCUT2D eigenvalue weighted by Gasteiger charge is 2.30. The minimum Gasteiger partial charge on any atom is -0.367 e. The number of aromatic amines is 1. The van der Waals surface area contributed by atoms with Crippen molar-refractivity contribution in [3.8, 4) is 0 Å². The summed E-state index contributed by atoms with van der Waals surface area (Å²) >= 11 is 0. The number of nitrogens with one attached hydrogen (secondary N) is 3. The number of imidazole rings is 1. The van der Waals surface area contributed by atoms with Crippen molar-refractivity contribution in [2.45, 2.75) is 18.6 Å². The monoisotopic (exact) mass is 298 g/mol. The maximum atomic E-state index is 11.7. The van der Waals surface area contributed by atoms with Crippen molar-refractivity contribution in [3.63, 3.8) is 0 Å². The van der Waals surface area contributed by atoms with E-state index < -0.39 is 14.6 Å². The summed E-state index contributed by atoms with van der Waals surface area (Å²) < 4.78 is 22.5. The SMILES string of the molecule is CNc1nc(NCC(C)(C)S(C)(=O)=O)c2[nH]cnc2n1. The zero-order chi connectivity index (χ0) is 15.0. The molecule has 20 heavy (non-hydrogen) atoms. The minimum absolute atomic E-state index is 0.236. The Morgan fingerprint density at radius 3 is 2.65 bits per heavy atom. The van der Waals surface area contributed by atoms with Crippen LogP contribution >= 0.6 is 0 Å². The lowest BCUT2D eigenvalue weighted by molar-refractivity contribution is 0.559. The summed E-state index contributed by atoms with van der Waals surface area (Å²) in [5.41, 5.74) is 1.16. The summed E-state index contributed by atoms with van der Waals surface area (Å²) in [6, 6.07) is 0. The Morgan fingerprint density at radius 2 is 2.05 bits per heavy atom. The number of H-pyrrole nitrogens is 1. The van der Waals surface area contributed by atoms with E-state index in [1.807, 2.05) is 0 Å². The second-order valence-corrected chi connectivity index (χ2v) is 7.78. The minimum atomic E-state index is -3.18. The molecule has 0 saturated heterocycles. The lowest BCUT2D eigenvalue weighted by Gasteiger charge is -2.23. The maximum Gasteiger partial charge on any atom is 0.226 e. The fourth-order valence-corrected chi connectivity index (χ4v) is 1.83. The molecule has 0 aliphatic heterocycles. The van der Waals surface area contributed by atoms with Gasteiger partial charge in [0.1, 0.15) is 5.52 Å². The molecule has 0 aliphatic rings. The lowest BCUT2D eigenvalue weighted by atomic mass is 10.2. The average molecular weight is 298 g/mol. The van der Waals surface area contributed by atoms with Gasteiger partial charge in [-0.15, -0.1) is 0 Å². The van der Waals surface area contributed by atoms with Crippen molar-refractivity contribution >= 4 is 32.8 Å². The molecule has 0 amide bonds. The largest absolute Gasteiger partial charge is 0.367 e. The third-order valence-electron chi connectivity index (χ3n) is 3.19. The smallest absolute Gasteiger partial charge is 0.226 e. The van der Waals surface area contributed by atoms with E-state index in [0.717, 1.165) is 0 Å². The van der Waals surface area contributed by atoms with Crippen LogP contribution in [0.3, 0.4) is 0 Å². The lowest BCUT2D eigenvalue weighted by Crippen LogP contribution is -2.38. The van der Waals surface area contributed by atoms with E-state index in [9.17, 15) is 8.42 Å². The molecule has 3 N–H and O–H groups in total. The summed E-state index contributed by atoms with van der Waals surface area (Å²) in [7, 11) is -1.47. The van der Waals surface area contributed by atoms with Crippen LogP contribution < -0.4 is 10.6 Å². The van der Waals surface area contributed by atoms with E-state index in [-0.39, 0.29) is 6.54 Å². The zero-order valence-electron chi connectivity index (χ0n) is 11.9. The molecule has 0 fully saturated rings. The first kappa shape index (κ1) is 14.5. The van der Waals surface area contributed by atoms with Gasteiger partial charge in [-0.05, 0) is 13.8 Å². The van der Waals surface area contributed by atoms with Crippen LogP contribution in [0.15, 0.2) is 6.33 Å². The number of nitrogens with zero attached hydrogens (tertiary/aromatic N) is 3. The van der Waals surface area contributed by atoms with Gasteiger partial charge in [-0.3, -0.25) is 0 Å². The first-order valence-corrected chi connectivity index (χ1v) is 7.96. The van der Waals surface area contributed by atoms with Gasteiger partial charge in [-0.1, -0.05) is 0 Å². The quantitative estimate of drug-likeness (QED) is 0.742. The molecule has 0 radical (unpaired) electrons. The van der Waals surface area contributed by atoms with E-state index in [1.54, 1.807) is 20.9 Å². The molecule has 0 unspecified atom stereocenters. The number of hydrogen-bond acceptors (Lipinski definition) is 7. The first-order valence-electron chi connectivity index (χ1n) is 6.07. The molecule has 2 aromatic heterocycles. The van der Waals surface area contributed by atoms with Crippen LogP contribution in [0.1, 0.15) is 13.8 Å². The number of rotatable bonds is 5. The van der Waals surface area contributed by atoms with E-state index in [1.165, 1.54) is 12.6 Å². The third kappa shape index (κ3) is 2.67. The summed E-state index contributed by atoms with van der Waals surface area (Å²) in [4.78, 5) is 15.5. The van der Waals surface area contributed by atoms with Crippen LogP contribution in [0.4, 0.5) is 11.8 Å². The van der Waals surface area contributed by atoms with Crippen molar-refractivity contribution in [3.05, 3.63) is 6.33 Å². The highest BCUT2D eigenvalue weighted by molar-refractivity contribution is 7.92. The zero-order valence-corrected chi connectivity index (χ0v) is 12.7. The van der Waals surface area contributed by atoms with Crippen molar-refractivity contribution < 1.29 is 8.42 Å². The van der Waals surface area contributed by atoms with Crippen LogP contribution in [0.5, 0.6) is 0 Å². The van der Waals surface area contributed by atoms with E-state index >= 15 is 0 Å². The van der Waals surface area contributed by atoms with Crippen LogP contribution in [-0.4, -0.2) is 52.9 Å². The summed E-state index contributed by atoms with van der Waals surface area (Å²) in [6.45, 7) is 3.57. The van der Waals surface area contributed by atoms with Crippen molar-refractivity contribution in [2.75, 3.05) is 30.5 Å². The van der Waals surface area contributed by atoms with Gasteiger partial charge >= 0.3 is 0 Å². The number of aromatic nitrogens is 4. The van der Waals surface area contributed by atoms with Crippen LogP contribution in [-0.2, 0) is 9.84 Å². The van der Waals surface area contributed by atoms with Gasteiger partial charge in [0.15, 0.2) is 21.3 Å².